The Kier molecular flexibility index (Phi) is 3.29. The molecule has 0 spiro atoms. The van der Waals surface area contributed by atoms with Crippen LogP contribution in [0.3, 0.4) is 0 Å². The number of benzene rings is 1. The molecule has 0 radical (unpaired) electrons. The lowest BCUT2D eigenvalue weighted by molar-refractivity contribution is 0.316. The Morgan fingerprint density at radius 1 is 1.19 bits per heavy atom. The van der Waals surface area contributed by atoms with E-state index in [1.807, 2.05) is 13.0 Å². The second kappa shape index (κ2) is 4.54. The maximum atomic E-state index is 13.5. The first-order valence-corrected chi connectivity index (χ1v) is 6.09. The van der Waals surface area contributed by atoms with E-state index in [0.717, 1.165) is 18.4 Å². The van der Waals surface area contributed by atoms with Crippen molar-refractivity contribution in [3.05, 3.63) is 35.1 Å². The summed E-state index contributed by atoms with van der Waals surface area (Å²) in [6.07, 6.45) is 2.21. The summed E-state index contributed by atoms with van der Waals surface area (Å²) in [6.45, 7) is 6.30. The first-order chi connectivity index (χ1) is 7.58. The van der Waals surface area contributed by atoms with Crippen LogP contribution >= 0.6 is 0 Å². The molecule has 2 heteroatoms. The van der Waals surface area contributed by atoms with Crippen LogP contribution in [0.1, 0.15) is 43.7 Å². The zero-order valence-electron chi connectivity index (χ0n) is 10.3. The summed E-state index contributed by atoms with van der Waals surface area (Å²) in [5, 5.41) is 3.52. The largest absolute Gasteiger partial charge is 0.312 e. The molecular formula is C14H20FN. The molecule has 1 N–H and O–H groups in total. The number of nitrogens with one attached hydrogen (secondary N) is 1. The fourth-order valence-corrected chi connectivity index (χ4v) is 2.89. The number of hydrogen-bond acceptors (Lipinski definition) is 1. The number of hydrogen-bond donors (Lipinski definition) is 1. The first kappa shape index (κ1) is 11.6. The van der Waals surface area contributed by atoms with Gasteiger partial charge < -0.3 is 5.32 Å². The van der Waals surface area contributed by atoms with Crippen LogP contribution in [-0.2, 0) is 0 Å². The third-order valence-electron chi connectivity index (χ3n) is 3.59. The lowest BCUT2D eigenvalue weighted by Gasteiger charge is -2.34. The standard InChI is InChI=1S/C14H20FN/c1-9-7-12(8-10(2)16-9)13-5-4-6-14(15)11(13)3/h4-6,9-10,12,16H,7-8H2,1-3H3. The van der Waals surface area contributed by atoms with E-state index >= 15 is 0 Å². The van der Waals surface area contributed by atoms with E-state index in [0.29, 0.717) is 18.0 Å². The smallest absolute Gasteiger partial charge is 0.126 e. The van der Waals surface area contributed by atoms with Crippen LogP contribution in [0.4, 0.5) is 4.39 Å². The highest BCUT2D eigenvalue weighted by Crippen LogP contribution is 2.32. The van der Waals surface area contributed by atoms with Gasteiger partial charge in [0.2, 0.25) is 0 Å². The van der Waals surface area contributed by atoms with Crippen LogP contribution in [0.15, 0.2) is 18.2 Å². The van der Waals surface area contributed by atoms with Crippen molar-refractivity contribution in [2.75, 3.05) is 0 Å². The molecule has 2 rings (SSSR count). The highest BCUT2D eigenvalue weighted by Gasteiger charge is 2.25. The predicted octanol–water partition coefficient (Wildman–Crippen LogP) is 3.38. The number of halogens is 1. The van der Waals surface area contributed by atoms with Crippen LogP contribution in [0.25, 0.3) is 0 Å². The summed E-state index contributed by atoms with van der Waals surface area (Å²) in [5.41, 5.74) is 2.02. The topological polar surface area (TPSA) is 12.0 Å². The lowest BCUT2D eigenvalue weighted by Crippen LogP contribution is -2.41. The van der Waals surface area contributed by atoms with E-state index in [1.165, 1.54) is 5.56 Å². The SMILES string of the molecule is Cc1c(F)cccc1C1CC(C)NC(C)C1. The molecule has 0 aliphatic carbocycles. The van der Waals surface area contributed by atoms with Crippen LogP contribution < -0.4 is 5.32 Å². The summed E-state index contributed by atoms with van der Waals surface area (Å²) in [7, 11) is 0. The zero-order chi connectivity index (χ0) is 11.7. The van der Waals surface area contributed by atoms with Gasteiger partial charge in [-0.2, -0.15) is 0 Å². The van der Waals surface area contributed by atoms with E-state index in [9.17, 15) is 4.39 Å². The van der Waals surface area contributed by atoms with Crippen molar-refractivity contribution in [3.63, 3.8) is 0 Å². The molecule has 1 aliphatic rings. The third-order valence-corrected chi connectivity index (χ3v) is 3.59. The van der Waals surface area contributed by atoms with Crippen LogP contribution in [0.2, 0.25) is 0 Å². The molecule has 1 saturated heterocycles. The average molecular weight is 221 g/mol. The van der Waals surface area contributed by atoms with Crippen LogP contribution in [0, 0.1) is 12.7 Å². The molecule has 0 bridgehead atoms. The van der Waals surface area contributed by atoms with Gasteiger partial charge in [-0.1, -0.05) is 12.1 Å². The summed E-state index contributed by atoms with van der Waals surface area (Å²) in [5.74, 6) is 0.429. The van der Waals surface area contributed by atoms with Crippen molar-refractivity contribution in [2.45, 2.75) is 51.6 Å². The van der Waals surface area contributed by atoms with E-state index in [2.05, 4.69) is 25.2 Å². The molecule has 88 valence electrons. The average Bonchev–Trinajstić information content (AvgIpc) is 2.20. The molecule has 2 atom stereocenters. The van der Waals surface area contributed by atoms with Gasteiger partial charge in [-0.15, -0.1) is 0 Å². The molecule has 2 unspecified atom stereocenters. The van der Waals surface area contributed by atoms with Gasteiger partial charge in [0.1, 0.15) is 5.82 Å². The van der Waals surface area contributed by atoms with E-state index in [1.54, 1.807) is 6.07 Å². The summed E-state index contributed by atoms with van der Waals surface area (Å²) < 4.78 is 13.5. The van der Waals surface area contributed by atoms with Gasteiger partial charge >= 0.3 is 0 Å². The van der Waals surface area contributed by atoms with Gasteiger partial charge in [0.05, 0.1) is 0 Å². The maximum absolute atomic E-state index is 13.5. The van der Waals surface area contributed by atoms with E-state index in [-0.39, 0.29) is 5.82 Å². The van der Waals surface area contributed by atoms with Crippen molar-refractivity contribution in [3.8, 4) is 0 Å². The van der Waals surface area contributed by atoms with E-state index < -0.39 is 0 Å². The number of rotatable bonds is 1. The molecule has 1 heterocycles. The Hall–Kier alpha value is -0.890. The highest BCUT2D eigenvalue weighted by molar-refractivity contribution is 5.31. The minimum atomic E-state index is -0.0728. The summed E-state index contributed by atoms with van der Waals surface area (Å²) in [6, 6.07) is 6.50. The molecule has 1 fully saturated rings. The molecule has 16 heavy (non-hydrogen) atoms. The van der Waals surface area contributed by atoms with Gasteiger partial charge in [0, 0.05) is 12.1 Å². The minimum Gasteiger partial charge on any atom is -0.312 e. The third kappa shape index (κ3) is 2.27. The van der Waals surface area contributed by atoms with Crippen LogP contribution in [-0.4, -0.2) is 12.1 Å². The maximum Gasteiger partial charge on any atom is 0.126 e. The van der Waals surface area contributed by atoms with Crippen molar-refractivity contribution in [2.24, 2.45) is 0 Å². The lowest BCUT2D eigenvalue weighted by atomic mass is 9.82. The highest BCUT2D eigenvalue weighted by atomic mass is 19.1. The Balaban J connectivity index is 2.26. The predicted molar refractivity (Wildman–Crippen MR) is 65.2 cm³/mol. The van der Waals surface area contributed by atoms with Crippen molar-refractivity contribution >= 4 is 0 Å². The Bertz CT molecular complexity index is 365. The molecule has 0 saturated carbocycles. The molecule has 1 nitrogen and oxygen atoms in total. The molecular weight excluding hydrogens is 201 g/mol. The van der Waals surface area contributed by atoms with Crippen LogP contribution in [0.5, 0.6) is 0 Å². The normalized spacial score (nSPS) is 30.4. The molecule has 1 aliphatic heterocycles. The Morgan fingerprint density at radius 2 is 1.81 bits per heavy atom. The van der Waals surface area contributed by atoms with Crippen molar-refractivity contribution in [1.82, 2.24) is 5.32 Å². The summed E-state index contributed by atoms with van der Waals surface area (Å²) in [4.78, 5) is 0. The van der Waals surface area contributed by atoms with Crippen molar-refractivity contribution < 1.29 is 4.39 Å². The second-order valence-electron chi connectivity index (χ2n) is 5.09. The van der Waals surface area contributed by atoms with Gasteiger partial charge in [-0.25, -0.2) is 4.39 Å². The quantitative estimate of drug-likeness (QED) is 0.766. The van der Waals surface area contributed by atoms with Gasteiger partial charge in [-0.05, 0) is 56.7 Å². The fourth-order valence-electron chi connectivity index (χ4n) is 2.89. The zero-order valence-corrected chi connectivity index (χ0v) is 10.3. The van der Waals surface area contributed by atoms with Gasteiger partial charge in [-0.3, -0.25) is 0 Å². The minimum absolute atomic E-state index is 0.0728. The number of piperidine rings is 1. The Labute approximate surface area is 97.1 Å². The Morgan fingerprint density at radius 3 is 2.44 bits per heavy atom. The van der Waals surface area contributed by atoms with Gasteiger partial charge in [0.25, 0.3) is 0 Å². The first-order valence-electron chi connectivity index (χ1n) is 6.09. The van der Waals surface area contributed by atoms with E-state index in [4.69, 9.17) is 0 Å². The molecule has 1 aromatic carbocycles. The molecule has 0 amide bonds. The second-order valence-corrected chi connectivity index (χ2v) is 5.09. The molecule has 1 aromatic rings. The fraction of sp³-hybridized carbons (Fsp3) is 0.571. The monoisotopic (exact) mass is 221 g/mol. The summed E-state index contributed by atoms with van der Waals surface area (Å²) >= 11 is 0. The molecule has 0 aromatic heterocycles. The van der Waals surface area contributed by atoms with Crippen molar-refractivity contribution in [1.29, 1.82) is 0 Å². The van der Waals surface area contributed by atoms with Gasteiger partial charge in [0.15, 0.2) is 0 Å².